The maximum absolute atomic E-state index is 13.3. The molecule has 9 heteroatoms. The Morgan fingerprint density at radius 2 is 1.97 bits per heavy atom. The van der Waals surface area contributed by atoms with Gasteiger partial charge in [-0.25, -0.2) is 4.98 Å². The van der Waals surface area contributed by atoms with Crippen LogP contribution >= 0.6 is 11.6 Å². The summed E-state index contributed by atoms with van der Waals surface area (Å²) in [6.45, 7) is 8.83. The molecule has 180 valence electrons. The van der Waals surface area contributed by atoms with Gasteiger partial charge >= 0.3 is 0 Å². The Kier molecular flexibility index (Phi) is 6.25. The first-order valence-corrected chi connectivity index (χ1v) is 13.4. The van der Waals surface area contributed by atoms with E-state index >= 15 is 0 Å². The predicted octanol–water partition coefficient (Wildman–Crippen LogP) is 4.78. The average molecular weight is 500 g/mol. The monoisotopic (exact) mass is 499 g/mol. The SMILES string of the molecule is Cc1cc(S(=O)C2CC3(CCN(C(C)C)CC3)C2)ccc1Nc1ncc2cc(Cl)c(=O)[nH]c2n1. The van der Waals surface area contributed by atoms with Crippen molar-refractivity contribution >= 4 is 45.1 Å². The molecule has 0 radical (unpaired) electrons. The summed E-state index contributed by atoms with van der Waals surface area (Å²) in [7, 11) is -1.000. The van der Waals surface area contributed by atoms with Gasteiger partial charge in [-0.3, -0.25) is 9.00 Å². The lowest BCUT2D eigenvalue weighted by Crippen LogP contribution is -2.51. The molecule has 0 amide bonds. The number of likely N-dealkylation sites (tertiary alicyclic amines) is 1. The molecule has 1 unspecified atom stereocenters. The van der Waals surface area contributed by atoms with Crippen LogP contribution in [0.2, 0.25) is 5.02 Å². The third kappa shape index (κ3) is 4.51. The number of benzene rings is 1. The van der Waals surface area contributed by atoms with Crippen molar-refractivity contribution in [3.63, 3.8) is 0 Å². The molecule has 3 heterocycles. The lowest BCUT2D eigenvalue weighted by atomic mass is 9.63. The van der Waals surface area contributed by atoms with Crippen molar-refractivity contribution in [3.8, 4) is 0 Å². The quantitative estimate of drug-likeness (QED) is 0.524. The van der Waals surface area contributed by atoms with Crippen molar-refractivity contribution < 1.29 is 4.21 Å². The Morgan fingerprint density at radius 1 is 1.24 bits per heavy atom. The van der Waals surface area contributed by atoms with Crippen LogP contribution in [0.3, 0.4) is 0 Å². The van der Waals surface area contributed by atoms with Crippen molar-refractivity contribution in [2.45, 2.75) is 62.6 Å². The molecule has 5 rings (SSSR count). The number of nitrogens with one attached hydrogen (secondary N) is 2. The van der Waals surface area contributed by atoms with Crippen LogP contribution in [0.5, 0.6) is 0 Å². The summed E-state index contributed by atoms with van der Waals surface area (Å²) in [6.07, 6.45) is 6.20. The van der Waals surface area contributed by atoms with Crippen LogP contribution in [0, 0.1) is 12.3 Å². The van der Waals surface area contributed by atoms with Crippen LogP contribution in [-0.2, 0) is 10.8 Å². The summed E-state index contributed by atoms with van der Waals surface area (Å²) in [4.78, 5) is 26.6. The van der Waals surface area contributed by atoms with Crippen molar-refractivity contribution in [1.82, 2.24) is 19.9 Å². The van der Waals surface area contributed by atoms with Crippen LogP contribution in [0.1, 0.15) is 45.1 Å². The normalized spacial score (nSPS) is 19.4. The molecule has 2 aromatic heterocycles. The number of aromatic nitrogens is 3. The van der Waals surface area contributed by atoms with E-state index in [4.69, 9.17) is 11.6 Å². The molecule has 1 aliphatic heterocycles. The molecule has 3 aromatic rings. The summed E-state index contributed by atoms with van der Waals surface area (Å²) in [6, 6.07) is 8.01. The van der Waals surface area contributed by atoms with Gasteiger partial charge in [0, 0.05) is 33.5 Å². The highest BCUT2D eigenvalue weighted by Gasteiger charge is 2.48. The number of piperidine rings is 1. The molecule has 1 saturated carbocycles. The first kappa shape index (κ1) is 23.5. The van der Waals surface area contributed by atoms with Gasteiger partial charge in [0.15, 0.2) is 0 Å². The second-order valence-corrected chi connectivity index (χ2v) is 12.1. The fourth-order valence-electron chi connectivity index (χ4n) is 5.22. The smallest absolute Gasteiger partial charge is 0.268 e. The predicted molar refractivity (Wildman–Crippen MR) is 137 cm³/mol. The topological polar surface area (TPSA) is 91.0 Å². The lowest BCUT2D eigenvalue weighted by molar-refractivity contribution is 0.0257. The van der Waals surface area contributed by atoms with Gasteiger partial charge in [0.25, 0.3) is 5.56 Å². The van der Waals surface area contributed by atoms with E-state index in [2.05, 4.69) is 39.0 Å². The number of anilines is 2. The maximum atomic E-state index is 13.3. The molecule has 1 spiro atoms. The molecule has 34 heavy (non-hydrogen) atoms. The molecule has 1 aliphatic carbocycles. The van der Waals surface area contributed by atoms with Crippen molar-refractivity contribution in [2.75, 3.05) is 18.4 Å². The Labute approximate surface area is 206 Å². The van der Waals surface area contributed by atoms with Gasteiger partial charge in [-0.2, -0.15) is 4.98 Å². The molecule has 2 fully saturated rings. The average Bonchev–Trinajstić information content (AvgIpc) is 2.79. The van der Waals surface area contributed by atoms with E-state index in [1.165, 1.54) is 12.8 Å². The third-order valence-corrected chi connectivity index (χ3v) is 9.38. The molecule has 1 saturated heterocycles. The summed E-state index contributed by atoms with van der Waals surface area (Å²) in [5.41, 5.74) is 2.24. The molecular formula is C25H30ClN5O2S. The van der Waals surface area contributed by atoms with E-state index in [0.717, 1.165) is 42.1 Å². The van der Waals surface area contributed by atoms with Gasteiger partial charge in [0.05, 0.1) is 10.8 Å². The first-order valence-electron chi connectivity index (χ1n) is 11.8. The maximum Gasteiger partial charge on any atom is 0.268 e. The zero-order valence-electron chi connectivity index (χ0n) is 19.7. The summed E-state index contributed by atoms with van der Waals surface area (Å²) < 4.78 is 13.3. The Morgan fingerprint density at radius 3 is 2.65 bits per heavy atom. The van der Waals surface area contributed by atoms with Crippen LogP contribution in [-0.4, -0.2) is 48.4 Å². The highest BCUT2D eigenvalue weighted by Crippen LogP contribution is 2.52. The van der Waals surface area contributed by atoms with Crippen LogP contribution < -0.4 is 10.9 Å². The van der Waals surface area contributed by atoms with Crippen molar-refractivity contribution in [3.05, 3.63) is 51.4 Å². The van der Waals surface area contributed by atoms with Crippen LogP contribution in [0.25, 0.3) is 11.0 Å². The Hall–Kier alpha value is -2.29. The number of hydrogen-bond acceptors (Lipinski definition) is 6. The van der Waals surface area contributed by atoms with Crippen LogP contribution in [0.4, 0.5) is 11.6 Å². The van der Waals surface area contributed by atoms with E-state index < -0.39 is 10.8 Å². The van der Waals surface area contributed by atoms with E-state index in [0.29, 0.717) is 28.4 Å². The van der Waals surface area contributed by atoms with Gasteiger partial charge < -0.3 is 15.2 Å². The number of fused-ring (bicyclic) bond motifs is 1. The standard InChI is InChI=1S/C25H30ClN5O2S/c1-15(2)31-8-6-25(7-9-31)12-19(13-25)34(33)18-4-5-21(16(3)10-18)28-24-27-14-17-11-20(26)23(32)29-22(17)30-24/h4-5,10-11,14-15,19H,6-9,12-13H2,1-3H3,(H2,27,28,29,30,32). The summed E-state index contributed by atoms with van der Waals surface area (Å²) >= 11 is 5.87. The number of halogens is 1. The van der Waals surface area contributed by atoms with Gasteiger partial charge in [-0.05, 0) is 94.8 Å². The molecule has 1 aromatic carbocycles. The van der Waals surface area contributed by atoms with E-state index in [9.17, 15) is 9.00 Å². The second-order valence-electron chi connectivity index (χ2n) is 10.0. The number of pyridine rings is 1. The molecule has 2 aliphatic rings. The van der Waals surface area contributed by atoms with E-state index in [1.807, 2.05) is 25.1 Å². The first-order chi connectivity index (χ1) is 16.2. The van der Waals surface area contributed by atoms with E-state index in [-0.39, 0.29) is 15.8 Å². The number of H-pyrrole nitrogens is 1. The molecular weight excluding hydrogens is 470 g/mol. The van der Waals surface area contributed by atoms with Gasteiger partial charge in [0.2, 0.25) is 5.95 Å². The van der Waals surface area contributed by atoms with Crippen LogP contribution in [0.15, 0.2) is 40.2 Å². The Bertz CT molecular complexity index is 1310. The van der Waals surface area contributed by atoms with Crippen molar-refractivity contribution in [1.29, 1.82) is 0 Å². The minimum absolute atomic E-state index is 0.106. The number of aryl methyl sites for hydroxylation is 1. The number of hydrogen-bond donors (Lipinski definition) is 2. The molecule has 0 bridgehead atoms. The summed E-state index contributed by atoms with van der Waals surface area (Å²) in [5, 5.41) is 4.21. The fraction of sp³-hybridized carbons (Fsp3) is 0.480. The molecule has 2 N–H and O–H groups in total. The minimum atomic E-state index is -1.000. The minimum Gasteiger partial charge on any atom is -0.324 e. The number of rotatable bonds is 5. The second kappa shape index (κ2) is 9.06. The molecule has 7 nitrogen and oxygen atoms in total. The fourth-order valence-corrected chi connectivity index (χ4v) is 7.28. The van der Waals surface area contributed by atoms with Gasteiger partial charge in [-0.1, -0.05) is 11.6 Å². The zero-order chi connectivity index (χ0) is 24.0. The highest BCUT2D eigenvalue weighted by atomic mass is 35.5. The molecule has 1 atom stereocenters. The van der Waals surface area contributed by atoms with Crippen molar-refractivity contribution in [2.24, 2.45) is 5.41 Å². The lowest BCUT2D eigenvalue weighted by Gasteiger charge is -2.52. The third-order valence-electron chi connectivity index (χ3n) is 7.44. The highest BCUT2D eigenvalue weighted by molar-refractivity contribution is 7.85. The Balaban J connectivity index is 1.25. The largest absolute Gasteiger partial charge is 0.324 e. The summed E-state index contributed by atoms with van der Waals surface area (Å²) in [5.74, 6) is 0.371. The number of aromatic amines is 1. The zero-order valence-corrected chi connectivity index (χ0v) is 21.3. The van der Waals surface area contributed by atoms with Gasteiger partial charge in [0.1, 0.15) is 10.7 Å². The van der Waals surface area contributed by atoms with Gasteiger partial charge in [-0.15, -0.1) is 0 Å². The van der Waals surface area contributed by atoms with E-state index in [1.54, 1.807) is 12.3 Å². The number of nitrogens with zero attached hydrogens (tertiary/aromatic N) is 3.